The Bertz CT molecular complexity index is 544. The fraction of sp³-hybridized carbons (Fsp3) is 0.550. The number of hydrogen-bond donors (Lipinski definition) is 0. The van der Waals surface area contributed by atoms with Gasteiger partial charge in [0.15, 0.2) is 5.78 Å². The van der Waals surface area contributed by atoms with Crippen LogP contribution in [0.5, 0.6) is 0 Å². The normalized spacial score (nSPS) is 24.0. The molecule has 22 heavy (non-hydrogen) atoms. The number of allylic oxidation sites excluding steroid dienone is 2. The van der Waals surface area contributed by atoms with Crippen molar-refractivity contribution >= 4 is 5.78 Å². The van der Waals surface area contributed by atoms with Gasteiger partial charge in [0.2, 0.25) is 0 Å². The van der Waals surface area contributed by atoms with E-state index in [0.717, 1.165) is 43.4 Å². The number of carbonyl (C=O) groups excluding carboxylic acids is 1. The highest BCUT2D eigenvalue weighted by Crippen LogP contribution is 2.37. The second-order valence-electron chi connectivity index (χ2n) is 6.52. The molecule has 0 saturated heterocycles. The van der Waals surface area contributed by atoms with Crippen LogP contribution in [-0.2, 0) is 9.53 Å². The molecule has 118 valence electrons. The maximum absolute atomic E-state index is 13.1. The number of hydrogen-bond acceptors (Lipinski definition) is 2. The fourth-order valence-electron chi connectivity index (χ4n) is 3.89. The first-order valence-corrected chi connectivity index (χ1v) is 8.75. The van der Waals surface area contributed by atoms with Crippen molar-refractivity contribution < 1.29 is 9.53 Å². The standard InChI is InChI=1S/C20H26O2/c1-2-16(15-10-6-5-7-11-15)18-14-22-19-13-9-4-3-8-12-17(19)20(18)21/h5-7,10-11,16,18H,2-4,8-9,12-14H2,1H3/t16-,18?/m0/s1. The van der Waals surface area contributed by atoms with Crippen LogP contribution in [0.15, 0.2) is 41.7 Å². The number of carbonyl (C=O) groups is 1. The molecule has 0 radical (unpaired) electrons. The van der Waals surface area contributed by atoms with Crippen LogP contribution in [0.1, 0.15) is 63.4 Å². The minimum Gasteiger partial charge on any atom is -0.497 e. The lowest BCUT2D eigenvalue weighted by Gasteiger charge is -2.32. The van der Waals surface area contributed by atoms with Crippen LogP contribution in [0.3, 0.4) is 0 Å². The molecule has 0 saturated carbocycles. The molecule has 1 heterocycles. The Morgan fingerprint density at radius 2 is 1.82 bits per heavy atom. The van der Waals surface area contributed by atoms with E-state index in [2.05, 4.69) is 31.2 Å². The molecule has 1 aliphatic carbocycles. The molecule has 1 unspecified atom stereocenters. The van der Waals surface area contributed by atoms with Crippen LogP contribution < -0.4 is 0 Å². The predicted molar refractivity (Wildman–Crippen MR) is 88.7 cm³/mol. The minimum absolute atomic E-state index is 0.00873. The second kappa shape index (κ2) is 7.13. The quantitative estimate of drug-likeness (QED) is 0.784. The van der Waals surface area contributed by atoms with Gasteiger partial charge in [0.25, 0.3) is 0 Å². The zero-order valence-electron chi connectivity index (χ0n) is 13.5. The third-order valence-electron chi connectivity index (χ3n) is 5.14. The van der Waals surface area contributed by atoms with E-state index in [0.29, 0.717) is 12.4 Å². The lowest BCUT2D eigenvalue weighted by atomic mass is 9.77. The summed E-state index contributed by atoms with van der Waals surface area (Å²) in [5, 5.41) is 0. The van der Waals surface area contributed by atoms with E-state index in [-0.39, 0.29) is 11.8 Å². The molecular formula is C20H26O2. The highest BCUT2D eigenvalue weighted by molar-refractivity contribution is 5.99. The summed E-state index contributed by atoms with van der Waals surface area (Å²) in [6.07, 6.45) is 7.64. The summed E-state index contributed by atoms with van der Waals surface area (Å²) in [6.45, 7) is 2.73. The topological polar surface area (TPSA) is 26.3 Å². The van der Waals surface area contributed by atoms with Crippen molar-refractivity contribution in [3.63, 3.8) is 0 Å². The maximum Gasteiger partial charge on any atom is 0.169 e. The van der Waals surface area contributed by atoms with Gasteiger partial charge in [-0.25, -0.2) is 0 Å². The number of rotatable bonds is 3. The fourth-order valence-corrected chi connectivity index (χ4v) is 3.89. The maximum atomic E-state index is 13.1. The van der Waals surface area contributed by atoms with Gasteiger partial charge in [0.05, 0.1) is 12.5 Å². The SMILES string of the molecule is CC[C@@H](c1ccccc1)C1COC2=C(CCCCCC2)C1=O. The van der Waals surface area contributed by atoms with Crippen molar-refractivity contribution in [3.8, 4) is 0 Å². The molecule has 0 amide bonds. The molecule has 1 aromatic carbocycles. The summed E-state index contributed by atoms with van der Waals surface area (Å²) < 4.78 is 6.06. The molecular weight excluding hydrogens is 272 g/mol. The minimum atomic E-state index is -0.00873. The Kier molecular flexibility index (Phi) is 4.97. The summed E-state index contributed by atoms with van der Waals surface area (Å²) in [7, 11) is 0. The van der Waals surface area contributed by atoms with Crippen molar-refractivity contribution in [1.29, 1.82) is 0 Å². The van der Waals surface area contributed by atoms with Gasteiger partial charge in [-0.15, -0.1) is 0 Å². The van der Waals surface area contributed by atoms with Gasteiger partial charge in [-0.3, -0.25) is 4.79 Å². The van der Waals surface area contributed by atoms with E-state index in [1.807, 2.05) is 6.07 Å². The van der Waals surface area contributed by atoms with Gasteiger partial charge in [-0.2, -0.15) is 0 Å². The van der Waals surface area contributed by atoms with Gasteiger partial charge in [-0.1, -0.05) is 50.1 Å². The summed E-state index contributed by atoms with van der Waals surface area (Å²) in [5.41, 5.74) is 2.27. The molecule has 0 fully saturated rings. The van der Waals surface area contributed by atoms with Crippen LogP contribution in [0.2, 0.25) is 0 Å². The summed E-state index contributed by atoms with van der Waals surface area (Å²) in [6, 6.07) is 10.4. The van der Waals surface area contributed by atoms with Crippen LogP contribution in [-0.4, -0.2) is 12.4 Å². The Balaban J connectivity index is 1.85. The van der Waals surface area contributed by atoms with Gasteiger partial charge in [0, 0.05) is 12.0 Å². The molecule has 3 rings (SSSR count). The first-order chi connectivity index (χ1) is 10.8. The van der Waals surface area contributed by atoms with Crippen LogP contribution in [0, 0.1) is 5.92 Å². The Morgan fingerprint density at radius 1 is 1.09 bits per heavy atom. The van der Waals surface area contributed by atoms with Gasteiger partial charge in [0.1, 0.15) is 5.76 Å². The van der Waals surface area contributed by atoms with E-state index in [4.69, 9.17) is 4.74 Å². The smallest absolute Gasteiger partial charge is 0.169 e. The molecule has 1 aliphatic heterocycles. The van der Waals surface area contributed by atoms with E-state index < -0.39 is 0 Å². The predicted octanol–water partition coefficient (Wildman–Crippen LogP) is 5.00. The molecule has 2 atom stereocenters. The average molecular weight is 298 g/mol. The van der Waals surface area contributed by atoms with Crippen molar-refractivity contribution in [3.05, 3.63) is 47.2 Å². The first-order valence-electron chi connectivity index (χ1n) is 8.75. The number of Topliss-reactive ketones (excluding diaryl/α,β-unsaturated/α-hetero) is 1. The molecule has 2 nitrogen and oxygen atoms in total. The monoisotopic (exact) mass is 298 g/mol. The molecule has 0 spiro atoms. The van der Waals surface area contributed by atoms with Crippen LogP contribution in [0.25, 0.3) is 0 Å². The number of benzene rings is 1. The van der Waals surface area contributed by atoms with E-state index in [1.165, 1.54) is 18.4 Å². The van der Waals surface area contributed by atoms with Crippen molar-refractivity contribution in [2.45, 2.75) is 57.8 Å². The molecule has 0 bridgehead atoms. The molecule has 2 heteroatoms. The first kappa shape index (κ1) is 15.3. The molecule has 0 aromatic heterocycles. The van der Waals surface area contributed by atoms with Crippen molar-refractivity contribution in [2.24, 2.45) is 5.92 Å². The van der Waals surface area contributed by atoms with Crippen molar-refractivity contribution in [1.82, 2.24) is 0 Å². The van der Waals surface area contributed by atoms with E-state index in [9.17, 15) is 4.79 Å². The third kappa shape index (κ3) is 3.11. The number of ketones is 1. The van der Waals surface area contributed by atoms with E-state index in [1.54, 1.807) is 0 Å². The largest absolute Gasteiger partial charge is 0.497 e. The van der Waals surface area contributed by atoms with Crippen LogP contribution in [0.4, 0.5) is 0 Å². The Hall–Kier alpha value is -1.57. The van der Waals surface area contributed by atoms with Crippen LogP contribution >= 0.6 is 0 Å². The molecule has 0 N–H and O–H groups in total. The zero-order valence-corrected chi connectivity index (χ0v) is 13.5. The lowest BCUT2D eigenvalue weighted by molar-refractivity contribution is -0.123. The Morgan fingerprint density at radius 3 is 2.55 bits per heavy atom. The second-order valence-corrected chi connectivity index (χ2v) is 6.52. The summed E-state index contributed by atoms with van der Waals surface area (Å²) in [4.78, 5) is 13.1. The highest BCUT2D eigenvalue weighted by atomic mass is 16.5. The third-order valence-corrected chi connectivity index (χ3v) is 5.14. The summed E-state index contributed by atoms with van der Waals surface area (Å²) in [5.74, 6) is 1.63. The highest BCUT2D eigenvalue weighted by Gasteiger charge is 2.36. The van der Waals surface area contributed by atoms with Crippen molar-refractivity contribution in [2.75, 3.05) is 6.61 Å². The van der Waals surface area contributed by atoms with Gasteiger partial charge in [-0.05, 0) is 37.2 Å². The zero-order chi connectivity index (χ0) is 15.4. The average Bonchev–Trinajstić information content (AvgIpc) is 2.52. The van der Waals surface area contributed by atoms with Gasteiger partial charge < -0.3 is 4.74 Å². The Labute approximate surface area is 133 Å². The molecule has 2 aliphatic rings. The molecule has 1 aromatic rings. The lowest BCUT2D eigenvalue weighted by Crippen LogP contribution is -2.33. The summed E-state index contributed by atoms with van der Waals surface area (Å²) >= 11 is 0. The van der Waals surface area contributed by atoms with Gasteiger partial charge >= 0.3 is 0 Å². The number of ether oxygens (including phenoxy) is 1. The van der Waals surface area contributed by atoms with E-state index >= 15 is 0 Å².